The van der Waals surface area contributed by atoms with Crippen molar-refractivity contribution in [2.24, 2.45) is 0 Å². The highest BCUT2D eigenvalue weighted by atomic mass is 32.2. The van der Waals surface area contributed by atoms with Crippen molar-refractivity contribution in [1.82, 2.24) is 0 Å². The largest absolute Gasteiger partial charge is 0.497 e. The van der Waals surface area contributed by atoms with Crippen LogP contribution in [0.15, 0.2) is 54.6 Å². The molecule has 2 aromatic carbocycles. The molecule has 2 rings (SSSR count). The molecule has 0 amide bonds. The summed E-state index contributed by atoms with van der Waals surface area (Å²) >= 11 is 0. The molecule has 0 aliphatic carbocycles. The predicted molar refractivity (Wildman–Crippen MR) is 84.4 cm³/mol. The lowest BCUT2D eigenvalue weighted by Crippen LogP contribution is -2.09. The molecule has 0 aromatic heterocycles. The number of rotatable bonds is 7. The first kappa shape index (κ1) is 14.6. The molecule has 2 aromatic rings. The number of hydrogen-bond acceptors (Lipinski definition) is 2. The van der Waals surface area contributed by atoms with E-state index in [0.717, 1.165) is 24.3 Å². The standard InChI is InChI=1S/C16H19NO2S/c1-19-16-11-9-15(10-12-16)17-20(18)13-5-8-14-6-3-2-4-7-14/h2-4,6-7,9-12,17H,5,8,13H2,1H3/t20-/m0/s1. The van der Waals surface area contributed by atoms with Gasteiger partial charge in [-0.1, -0.05) is 30.3 Å². The second-order valence-electron chi connectivity index (χ2n) is 4.47. The summed E-state index contributed by atoms with van der Waals surface area (Å²) in [5, 5.41) is 0. The van der Waals surface area contributed by atoms with Crippen molar-refractivity contribution in [3.8, 4) is 5.75 Å². The molecule has 0 radical (unpaired) electrons. The fraction of sp³-hybridized carbons (Fsp3) is 0.250. The van der Waals surface area contributed by atoms with Crippen LogP contribution in [0.3, 0.4) is 0 Å². The van der Waals surface area contributed by atoms with E-state index in [0.29, 0.717) is 5.75 Å². The molecule has 0 unspecified atom stereocenters. The molecule has 0 saturated carbocycles. The molecule has 0 spiro atoms. The molecule has 0 heterocycles. The van der Waals surface area contributed by atoms with Crippen molar-refractivity contribution < 1.29 is 8.95 Å². The highest BCUT2D eigenvalue weighted by Crippen LogP contribution is 2.15. The third kappa shape index (κ3) is 4.70. The smallest absolute Gasteiger partial charge is 0.119 e. The molecule has 0 saturated heterocycles. The zero-order valence-electron chi connectivity index (χ0n) is 11.5. The first-order valence-corrected chi connectivity index (χ1v) is 7.93. The Morgan fingerprint density at radius 2 is 1.75 bits per heavy atom. The molecule has 0 bridgehead atoms. The monoisotopic (exact) mass is 289 g/mol. The summed E-state index contributed by atoms with van der Waals surface area (Å²) in [6.07, 6.45) is 1.86. The predicted octanol–water partition coefficient (Wildman–Crippen LogP) is 3.40. The summed E-state index contributed by atoms with van der Waals surface area (Å²) < 4.78 is 20.0. The number of anilines is 1. The van der Waals surface area contributed by atoms with E-state index in [1.54, 1.807) is 7.11 Å². The Hall–Kier alpha value is -1.81. The van der Waals surface area contributed by atoms with Crippen LogP contribution in [0.2, 0.25) is 0 Å². The summed E-state index contributed by atoms with van der Waals surface area (Å²) in [6.45, 7) is 0. The third-order valence-corrected chi connectivity index (χ3v) is 4.08. The van der Waals surface area contributed by atoms with Crippen LogP contribution in [-0.4, -0.2) is 17.1 Å². The van der Waals surface area contributed by atoms with E-state index in [-0.39, 0.29) is 0 Å². The van der Waals surface area contributed by atoms with E-state index in [9.17, 15) is 4.21 Å². The van der Waals surface area contributed by atoms with Crippen molar-refractivity contribution in [2.75, 3.05) is 17.6 Å². The molecular formula is C16H19NO2S. The summed E-state index contributed by atoms with van der Waals surface area (Å²) in [6, 6.07) is 17.7. The van der Waals surface area contributed by atoms with E-state index in [1.165, 1.54) is 5.56 Å². The van der Waals surface area contributed by atoms with Gasteiger partial charge in [-0.15, -0.1) is 0 Å². The van der Waals surface area contributed by atoms with Crippen LogP contribution < -0.4 is 9.46 Å². The van der Waals surface area contributed by atoms with Gasteiger partial charge in [0.1, 0.15) is 16.7 Å². The molecule has 20 heavy (non-hydrogen) atoms. The number of nitrogens with one attached hydrogen (secondary N) is 1. The van der Waals surface area contributed by atoms with E-state index < -0.39 is 11.0 Å². The van der Waals surface area contributed by atoms with Crippen LogP contribution in [0.25, 0.3) is 0 Å². The van der Waals surface area contributed by atoms with Gasteiger partial charge in [-0.3, -0.25) is 0 Å². The highest BCUT2D eigenvalue weighted by Gasteiger charge is 2.01. The lowest BCUT2D eigenvalue weighted by Gasteiger charge is -2.07. The minimum Gasteiger partial charge on any atom is -0.497 e. The Labute approximate surface area is 122 Å². The maximum Gasteiger partial charge on any atom is 0.119 e. The van der Waals surface area contributed by atoms with Crippen LogP contribution >= 0.6 is 0 Å². The molecule has 1 atom stereocenters. The van der Waals surface area contributed by atoms with E-state index >= 15 is 0 Å². The fourth-order valence-corrected chi connectivity index (χ4v) is 2.80. The molecule has 4 heteroatoms. The summed E-state index contributed by atoms with van der Waals surface area (Å²) in [7, 11) is 0.585. The second-order valence-corrected chi connectivity index (χ2v) is 5.77. The average Bonchev–Trinajstić information content (AvgIpc) is 2.49. The number of aryl methyl sites for hydroxylation is 1. The summed E-state index contributed by atoms with van der Waals surface area (Å²) in [5.74, 6) is 1.44. The van der Waals surface area contributed by atoms with Gasteiger partial charge in [0, 0.05) is 11.4 Å². The molecular weight excluding hydrogens is 270 g/mol. The average molecular weight is 289 g/mol. The second kappa shape index (κ2) is 7.70. The molecule has 1 N–H and O–H groups in total. The fourth-order valence-electron chi connectivity index (χ4n) is 1.89. The summed E-state index contributed by atoms with van der Waals surface area (Å²) in [5.41, 5.74) is 2.14. The van der Waals surface area contributed by atoms with E-state index in [1.807, 2.05) is 42.5 Å². The first-order valence-electron chi connectivity index (χ1n) is 6.61. The Bertz CT molecular complexity index is 540. The minimum absolute atomic E-state index is 0.640. The third-order valence-electron chi connectivity index (χ3n) is 2.96. The van der Waals surface area contributed by atoms with Crippen molar-refractivity contribution in [3.05, 3.63) is 60.2 Å². The van der Waals surface area contributed by atoms with Crippen molar-refractivity contribution in [2.45, 2.75) is 12.8 Å². The molecule has 3 nitrogen and oxygen atoms in total. The quantitative estimate of drug-likeness (QED) is 0.848. The lowest BCUT2D eigenvalue weighted by atomic mass is 10.1. The highest BCUT2D eigenvalue weighted by molar-refractivity contribution is 7.86. The Morgan fingerprint density at radius 3 is 2.40 bits per heavy atom. The van der Waals surface area contributed by atoms with E-state index in [4.69, 9.17) is 4.74 Å². The Kier molecular flexibility index (Phi) is 5.62. The normalized spacial score (nSPS) is 11.8. The summed E-state index contributed by atoms with van der Waals surface area (Å²) in [4.78, 5) is 0. The molecule has 0 aliphatic rings. The van der Waals surface area contributed by atoms with Gasteiger partial charge in [0.25, 0.3) is 0 Å². The van der Waals surface area contributed by atoms with Gasteiger partial charge in [-0.05, 0) is 42.7 Å². The number of hydrogen-bond donors (Lipinski definition) is 1. The first-order chi connectivity index (χ1) is 9.78. The zero-order valence-corrected chi connectivity index (χ0v) is 12.4. The Balaban J connectivity index is 1.74. The van der Waals surface area contributed by atoms with Crippen molar-refractivity contribution in [1.29, 1.82) is 0 Å². The minimum atomic E-state index is -1.04. The van der Waals surface area contributed by atoms with Gasteiger partial charge in [0.15, 0.2) is 0 Å². The van der Waals surface area contributed by atoms with Crippen LogP contribution in [0.4, 0.5) is 5.69 Å². The molecule has 0 fully saturated rings. The Morgan fingerprint density at radius 1 is 1.05 bits per heavy atom. The lowest BCUT2D eigenvalue weighted by molar-refractivity contribution is 0.415. The maximum absolute atomic E-state index is 11.9. The van der Waals surface area contributed by atoms with Gasteiger partial charge in [0.2, 0.25) is 0 Å². The van der Waals surface area contributed by atoms with Gasteiger partial charge in [-0.2, -0.15) is 0 Å². The SMILES string of the molecule is COc1ccc(N[S@@](=O)CCCc2ccccc2)cc1. The zero-order chi connectivity index (χ0) is 14.2. The molecule has 106 valence electrons. The number of methoxy groups -OCH3 is 1. The van der Waals surface area contributed by atoms with Gasteiger partial charge in [0.05, 0.1) is 7.11 Å². The van der Waals surface area contributed by atoms with Crippen LogP contribution in [0.5, 0.6) is 5.75 Å². The van der Waals surface area contributed by atoms with Crippen LogP contribution in [0, 0.1) is 0 Å². The van der Waals surface area contributed by atoms with Gasteiger partial charge < -0.3 is 9.46 Å². The number of benzene rings is 2. The molecule has 0 aliphatic heterocycles. The number of ether oxygens (including phenoxy) is 1. The van der Waals surface area contributed by atoms with E-state index in [2.05, 4.69) is 16.9 Å². The van der Waals surface area contributed by atoms with Crippen LogP contribution in [0.1, 0.15) is 12.0 Å². The van der Waals surface area contributed by atoms with Crippen molar-refractivity contribution >= 4 is 16.7 Å². The van der Waals surface area contributed by atoms with Gasteiger partial charge in [-0.25, -0.2) is 4.21 Å². The van der Waals surface area contributed by atoms with Crippen molar-refractivity contribution in [3.63, 3.8) is 0 Å². The topological polar surface area (TPSA) is 38.3 Å². The van der Waals surface area contributed by atoms with Crippen LogP contribution in [-0.2, 0) is 17.4 Å². The maximum atomic E-state index is 11.9. The van der Waals surface area contributed by atoms with Gasteiger partial charge >= 0.3 is 0 Å².